The summed E-state index contributed by atoms with van der Waals surface area (Å²) in [6.45, 7) is 5.87. The number of benzene rings is 1. The topological polar surface area (TPSA) is 95.8 Å². The number of nitrogens with zero attached hydrogens (tertiary/aromatic N) is 3. The Morgan fingerprint density at radius 1 is 1.30 bits per heavy atom. The summed E-state index contributed by atoms with van der Waals surface area (Å²) in [5.74, 6) is -2.61. The Kier molecular flexibility index (Phi) is 9.65. The van der Waals surface area contributed by atoms with Gasteiger partial charge in [-0.2, -0.15) is 18.2 Å². The lowest BCUT2D eigenvalue weighted by molar-refractivity contribution is -0.176. The summed E-state index contributed by atoms with van der Waals surface area (Å²) >= 11 is 0. The van der Waals surface area contributed by atoms with Crippen LogP contribution in [0.1, 0.15) is 40.0 Å². The Bertz CT molecular complexity index is 991. The maximum absolute atomic E-state index is 13.8. The molecule has 2 heterocycles. The maximum Gasteiger partial charge on any atom is 0.394 e. The molecule has 0 bridgehead atoms. The van der Waals surface area contributed by atoms with Crippen molar-refractivity contribution in [3.05, 3.63) is 30.1 Å². The fourth-order valence-electron chi connectivity index (χ4n) is 4.13. The number of rotatable bonds is 8. The molecule has 2 atom stereocenters. The number of halogens is 4. The fourth-order valence-corrected chi connectivity index (χ4v) is 4.13. The number of hydrogen-bond donors (Lipinski definition) is 2. The molecule has 2 aliphatic rings. The van der Waals surface area contributed by atoms with E-state index in [1.54, 1.807) is 4.90 Å². The molecule has 0 spiro atoms. The van der Waals surface area contributed by atoms with E-state index in [-0.39, 0.29) is 49.2 Å². The molecule has 0 aromatic heterocycles. The summed E-state index contributed by atoms with van der Waals surface area (Å²) in [6.07, 6.45) is -4.54. The number of ether oxygens (including phenoxy) is 2. The summed E-state index contributed by atoms with van der Waals surface area (Å²) in [4.78, 5) is 22.1. The number of aliphatic hydroxyl groups is 1. The Labute approximate surface area is 213 Å². The first kappa shape index (κ1) is 29.0. The SMILES string of the molecule is CC(C)OCC(=O)CNCC1(O)CCN(C2=N[C@@H](C)C(C(F)(F)F)CC(Oc3cccc(F)c3)=N2)CC1. The molecular weight excluding hydrogens is 496 g/mol. The fraction of sp³-hybridized carbons (Fsp3) is 0.640. The molecular formula is C25H34F4N4O4. The number of alkyl halides is 3. The minimum Gasteiger partial charge on any atom is -0.443 e. The number of nitrogens with one attached hydrogen (secondary N) is 1. The van der Waals surface area contributed by atoms with E-state index in [2.05, 4.69) is 15.3 Å². The lowest BCUT2D eigenvalue weighted by atomic mass is 9.91. The number of Topliss-reactive ketones (excluding diaryl/α,β-unsaturated/α-hetero) is 1. The average Bonchev–Trinajstić information content (AvgIpc) is 2.97. The highest BCUT2D eigenvalue weighted by atomic mass is 19.4. The van der Waals surface area contributed by atoms with Crippen LogP contribution in [0.3, 0.4) is 0 Å². The van der Waals surface area contributed by atoms with Gasteiger partial charge >= 0.3 is 6.18 Å². The standard InChI is InChI=1S/C25H34F4N4O4/c1-16(2)36-14-19(34)13-30-15-24(35)7-9-33(10-8-24)23-31-17(3)21(25(27,28)29)12-22(32-23)37-20-6-4-5-18(26)11-20/h4-6,11,16-17,21,30,35H,7-10,12-15H2,1-3H3/t17-,21?/m0/s1. The Hall–Kier alpha value is -2.57. The highest BCUT2D eigenvalue weighted by Gasteiger charge is 2.46. The number of ketones is 1. The molecule has 2 aliphatic heterocycles. The molecule has 3 rings (SSSR count). The van der Waals surface area contributed by atoms with Crippen molar-refractivity contribution in [2.45, 2.75) is 64.0 Å². The van der Waals surface area contributed by atoms with Crippen molar-refractivity contribution < 1.29 is 36.9 Å². The minimum absolute atomic E-state index is 0.00810. The Morgan fingerprint density at radius 2 is 2.00 bits per heavy atom. The number of aliphatic imine (C=N–C) groups is 2. The van der Waals surface area contributed by atoms with E-state index in [1.807, 2.05) is 13.8 Å². The summed E-state index contributed by atoms with van der Waals surface area (Å²) in [5, 5.41) is 13.9. The van der Waals surface area contributed by atoms with Crippen molar-refractivity contribution >= 4 is 17.6 Å². The number of piperidine rings is 1. The molecule has 1 fully saturated rings. The largest absolute Gasteiger partial charge is 0.443 e. The highest BCUT2D eigenvalue weighted by Crippen LogP contribution is 2.35. The number of carbonyl (C=O) groups is 1. The summed E-state index contributed by atoms with van der Waals surface area (Å²) in [7, 11) is 0. The number of likely N-dealkylation sites (tertiary alicyclic amines) is 1. The summed E-state index contributed by atoms with van der Waals surface area (Å²) < 4.78 is 65.7. The molecule has 8 nitrogen and oxygen atoms in total. The molecule has 1 saturated heterocycles. The van der Waals surface area contributed by atoms with Gasteiger partial charge in [0.1, 0.15) is 18.2 Å². The third-order valence-electron chi connectivity index (χ3n) is 6.30. The van der Waals surface area contributed by atoms with E-state index in [0.29, 0.717) is 25.9 Å². The number of guanidine groups is 1. The van der Waals surface area contributed by atoms with Crippen LogP contribution in [0.4, 0.5) is 17.6 Å². The van der Waals surface area contributed by atoms with Crippen molar-refractivity contribution in [3.63, 3.8) is 0 Å². The molecule has 1 aromatic rings. The minimum atomic E-state index is -4.53. The van der Waals surface area contributed by atoms with E-state index in [1.165, 1.54) is 25.1 Å². The second kappa shape index (κ2) is 12.3. The van der Waals surface area contributed by atoms with Crippen molar-refractivity contribution in [1.29, 1.82) is 0 Å². The van der Waals surface area contributed by atoms with Gasteiger partial charge in [0.25, 0.3) is 0 Å². The van der Waals surface area contributed by atoms with Gasteiger partial charge in [-0.15, -0.1) is 0 Å². The normalized spacial score (nSPS) is 22.4. The molecule has 0 radical (unpaired) electrons. The number of carbonyl (C=O) groups excluding carboxylic acids is 1. The molecule has 1 aromatic carbocycles. The third-order valence-corrected chi connectivity index (χ3v) is 6.30. The van der Waals surface area contributed by atoms with Crippen molar-refractivity contribution in [1.82, 2.24) is 10.2 Å². The van der Waals surface area contributed by atoms with Gasteiger partial charge in [-0.3, -0.25) is 4.79 Å². The first-order chi connectivity index (χ1) is 17.3. The van der Waals surface area contributed by atoms with Gasteiger partial charge in [-0.1, -0.05) is 6.07 Å². The van der Waals surface area contributed by atoms with Gasteiger partial charge in [-0.25, -0.2) is 9.38 Å². The molecule has 0 aliphatic carbocycles. The van der Waals surface area contributed by atoms with E-state index >= 15 is 0 Å². The van der Waals surface area contributed by atoms with E-state index in [4.69, 9.17) is 9.47 Å². The van der Waals surface area contributed by atoms with Crippen LogP contribution in [-0.2, 0) is 9.53 Å². The van der Waals surface area contributed by atoms with Gasteiger partial charge in [0.05, 0.1) is 30.2 Å². The van der Waals surface area contributed by atoms with Crippen molar-refractivity contribution in [3.8, 4) is 5.75 Å². The highest BCUT2D eigenvalue weighted by molar-refractivity contribution is 5.95. The first-order valence-corrected chi connectivity index (χ1v) is 12.3. The molecule has 0 amide bonds. The smallest absolute Gasteiger partial charge is 0.394 e. The van der Waals surface area contributed by atoms with Gasteiger partial charge < -0.3 is 24.8 Å². The van der Waals surface area contributed by atoms with Crippen LogP contribution >= 0.6 is 0 Å². The zero-order valence-corrected chi connectivity index (χ0v) is 21.2. The van der Waals surface area contributed by atoms with Crippen LogP contribution in [0.5, 0.6) is 5.75 Å². The predicted octanol–water partition coefficient (Wildman–Crippen LogP) is 3.34. The van der Waals surface area contributed by atoms with Gasteiger partial charge in [0.2, 0.25) is 5.96 Å². The van der Waals surface area contributed by atoms with E-state index in [9.17, 15) is 27.5 Å². The molecule has 2 N–H and O–H groups in total. The predicted molar refractivity (Wildman–Crippen MR) is 130 cm³/mol. The zero-order chi connectivity index (χ0) is 27.2. The molecule has 37 heavy (non-hydrogen) atoms. The Balaban J connectivity index is 1.66. The van der Waals surface area contributed by atoms with Crippen molar-refractivity contribution in [2.24, 2.45) is 15.9 Å². The van der Waals surface area contributed by atoms with Crippen molar-refractivity contribution in [2.75, 3.05) is 32.8 Å². The van der Waals surface area contributed by atoms with E-state index < -0.39 is 36.0 Å². The maximum atomic E-state index is 13.8. The second-order valence-corrected chi connectivity index (χ2v) is 9.80. The zero-order valence-electron chi connectivity index (χ0n) is 21.2. The van der Waals surface area contributed by atoms with Crippen LogP contribution in [0.15, 0.2) is 34.3 Å². The van der Waals surface area contributed by atoms with Crippen LogP contribution < -0.4 is 10.1 Å². The Morgan fingerprint density at radius 3 is 2.62 bits per heavy atom. The monoisotopic (exact) mass is 530 g/mol. The lowest BCUT2D eigenvalue weighted by Crippen LogP contribution is -2.51. The van der Waals surface area contributed by atoms with Crippen LogP contribution in [0.25, 0.3) is 0 Å². The van der Waals surface area contributed by atoms with Crippen LogP contribution in [-0.4, -0.2) is 84.4 Å². The van der Waals surface area contributed by atoms with Crippen LogP contribution in [0.2, 0.25) is 0 Å². The van der Waals surface area contributed by atoms with E-state index in [0.717, 1.165) is 6.07 Å². The number of hydrogen-bond acceptors (Lipinski definition) is 8. The molecule has 206 valence electrons. The lowest BCUT2D eigenvalue weighted by Gasteiger charge is -2.38. The van der Waals surface area contributed by atoms with Gasteiger partial charge in [-0.05, 0) is 45.7 Å². The second-order valence-electron chi connectivity index (χ2n) is 9.80. The van der Waals surface area contributed by atoms with Gasteiger partial charge in [0.15, 0.2) is 11.7 Å². The molecule has 0 saturated carbocycles. The molecule has 12 heteroatoms. The van der Waals surface area contributed by atoms with Gasteiger partial charge in [0, 0.05) is 32.1 Å². The summed E-state index contributed by atoms with van der Waals surface area (Å²) in [6, 6.07) is 3.99. The summed E-state index contributed by atoms with van der Waals surface area (Å²) in [5.41, 5.74) is -1.09. The third kappa shape index (κ3) is 8.75. The van der Waals surface area contributed by atoms with Crippen LogP contribution in [0, 0.1) is 11.7 Å². The first-order valence-electron chi connectivity index (χ1n) is 12.3. The molecule has 1 unspecified atom stereocenters. The average molecular weight is 531 g/mol. The quantitative estimate of drug-likeness (QED) is 0.501.